The van der Waals surface area contributed by atoms with E-state index in [0.717, 1.165) is 10.4 Å². The van der Waals surface area contributed by atoms with Crippen molar-refractivity contribution in [3.63, 3.8) is 0 Å². The first-order valence-corrected chi connectivity index (χ1v) is 9.31. The molecule has 0 spiro atoms. The summed E-state index contributed by atoms with van der Waals surface area (Å²) in [4.78, 5) is 19.8. The Morgan fingerprint density at radius 1 is 1.23 bits per heavy atom. The number of benzene rings is 1. The number of methoxy groups -OCH3 is 1. The van der Waals surface area contributed by atoms with Gasteiger partial charge < -0.3 is 14.2 Å². The lowest BCUT2D eigenvalue weighted by Crippen LogP contribution is -2.33. The Hall–Kier alpha value is -2.51. The zero-order chi connectivity index (χ0) is 18.2. The number of thiophene rings is 1. The third-order valence-electron chi connectivity index (χ3n) is 3.90. The summed E-state index contributed by atoms with van der Waals surface area (Å²) in [6, 6.07) is 13.8. The highest BCUT2D eigenvalue weighted by Gasteiger charge is 2.16. The Morgan fingerprint density at radius 3 is 2.81 bits per heavy atom. The molecule has 1 amide bonds. The molecule has 0 atom stereocenters. The van der Waals surface area contributed by atoms with Crippen molar-refractivity contribution >= 4 is 17.2 Å². The lowest BCUT2D eigenvalue weighted by Gasteiger charge is -2.22. The number of rotatable bonds is 9. The molecule has 0 radical (unpaired) electrons. The van der Waals surface area contributed by atoms with Gasteiger partial charge in [-0.05, 0) is 17.0 Å². The van der Waals surface area contributed by atoms with Gasteiger partial charge in [0, 0.05) is 33.0 Å². The molecule has 0 N–H and O–H groups in total. The molecule has 0 aliphatic rings. The van der Waals surface area contributed by atoms with E-state index in [-0.39, 0.29) is 5.91 Å². The summed E-state index contributed by atoms with van der Waals surface area (Å²) in [6.07, 6.45) is 0.748. The Balaban J connectivity index is 1.58. The highest BCUT2D eigenvalue weighted by Crippen LogP contribution is 2.21. The van der Waals surface area contributed by atoms with E-state index in [2.05, 4.69) is 10.1 Å². The van der Waals surface area contributed by atoms with Crippen LogP contribution in [0.5, 0.6) is 0 Å². The summed E-state index contributed by atoms with van der Waals surface area (Å²) in [5.74, 6) is 1.10. The van der Waals surface area contributed by atoms with Gasteiger partial charge in [0.15, 0.2) is 0 Å². The van der Waals surface area contributed by atoms with Crippen LogP contribution in [0.25, 0.3) is 10.7 Å². The van der Waals surface area contributed by atoms with Crippen LogP contribution in [0.2, 0.25) is 0 Å². The van der Waals surface area contributed by atoms with E-state index >= 15 is 0 Å². The van der Waals surface area contributed by atoms with Crippen molar-refractivity contribution in [2.75, 3.05) is 20.3 Å². The molecule has 0 aliphatic carbocycles. The quantitative estimate of drug-likeness (QED) is 0.577. The fraction of sp³-hybridized carbons (Fsp3) is 0.316. The molecule has 0 bridgehead atoms. The van der Waals surface area contributed by atoms with Gasteiger partial charge in [-0.3, -0.25) is 4.79 Å². The van der Waals surface area contributed by atoms with E-state index < -0.39 is 0 Å². The van der Waals surface area contributed by atoms with Crippen LogP contribution in [-0.2, 0) is 22.5 Å². The number of hydrogen-bond acceptors (Lipinski definition) is 6. The summed E-state index contributed by atoms with van der Waals surface area (Å²) >= 11 is 1.55. The van der Waals surface area contributed by atoms with Crippen LogP contribution in [0.1, 0.15) is 17.9 Å². The van der Waals surface area contributed by atoms with E-state index in [1.54, 1.807) is 23.3 Å². The summed E-state index contributed by atoms with van der Waals surface area (Å²) in [5, 5.41) is 5.94. The van der Waals surface area contributed by atoms with Gasteiger partial charge in [0.25, 0.3) is 0 Å². The number of hydrogen-bond donors (Lipinski definition) is 0. The molecule has 136 valence electrons. The molecule has 7 heteroatoms. The van der Waals surface area contributed by atoms with Crippen molar-refractivity contribution < 1.29 is 14.1 Å². The van der Waals surface area contributed by atoms with Crippen molar-refractivity contribution in [3.05, 3.63) is 59.3 Å². The molecule has 26 heavy (non-hydrogen) atoms. The Kier molecular flexibility index (Phi) is 6.51. The van der Waals surface area contributed by atoms with Gasteiger partial charge in [-0.25, -0.2) is 0 Å². The van der Waals surface area contributed by atoms with Crippen molar-refractivity contribution in [2.45, 2.75) is 19.4 Å². The van der Waals surface area contributed by atoms with Crippen molar-refractivity contribution in [3.8, 4) is 10.7 Å². The molecule has 0 unspecified atom stereocenters. The second-order valence-corrected chi connectivity index (χ2v) is 6.73. The number of aromatic nitrogens is 2. The van der Waals surface area contributed by atoms with Crippen molar-refractivity contribution in [1.29, 1.82) is 0 Å². The minimum atomic E-state index is 0.0433. The maximum Gasteiger partial charge on any atom is 0.227 e. The van der Waals surface area contributed by atoms with Gasteiger partial charge in [0.05, 0.1) is 11.5 Å². The number of amides is 1. The van der Waals surface area contributed by atoms with Gasteiger partial charge in [-0.2, -0.15) is 4.98 Å². The number of carbonyl (C=O) groups excluding carboxylic acids is 1. The first-order chi connectivity index (χ1) is 12.8. The minimum Gasteiger partial charge on any atom is -0.383 e. The maximum absolute atomic E-state index is 12.6. The van der Waals surface area contributed by atoms with Crippen LogP contribution in [0, 0.1) is 0 Å². The average Bonchev–Trinajstić information content (AvgIpc) is 3.35. The molecule has 0 saturated heterocycles. The molecule has 3 aromatic rings. The molecule has 0 saturated carbocycles. The SMILES string of the molecule is COCCN(Cc1ccccc1)C(=O)CCc1nc(-c2cccs2)no1. The normalized spacial score (nSPS) is 10.8. The number of carbonyl (C=O) groups is 1. The van der Waals surface area contributed by atoms with Gasteiger partial charge in [0.1, 0.15) is 0 Å². The summed E-state index contributed by atoms with van der Waals surface area (Å²) in [7, 11) is 1.63. The molecule has 0 fully saturated rings. The molecule has 2 heterocycles. The van der Waals surface area contributed by atoms with Crippen molar-refractivity contribution in [2.24, 2.45) is 0 Å². The third-order valence-corrected chi connectivity index (χ3v) is 4.76. The van der Waals surface area contributed by atoms with Gasteiger partial charge in [0.2, 0.25) is 17.6 Å². The Morgan fingerprint density at radius 2 is 2.08 bits per heavy atom. The number of aryl methyl sites for hydroxylation is 1. The topological polar surface area (TPSA) is 68.5 Å². The molecule has 6 nitrogen and oxygen atoms in total. The zero-order valence-electron chi connectivity index (χ0n) is 14.6. The highest BCUT2D eigenvalue weighted by atomic mass is 32.1. The van der Waals surface area contributed by atoms with E-state index in [4.69, 9.17) is 9.26 Å². The second-order valence-electron chi connectivity index (χ2n) is 5.78. The molecule has 3 rings (SSSR count). The lowest BCUT2D eigenvalue weighted by molar-refractivity contribution is -0.132. The zero-order valence-corrected chi connectivity index (χ0v) is 15.4. The fourth-order valence-corrected chi connectivity index (χ4v) is 3.18. The molecule has 1 aromatic carbocycles. The summed E-state index contributed by atoms with van der Waals surface area (Å²) in [5.41, 5.74) is 1.09. The van der Waals surface area contributed by atoms with Crippen molar-refractivity contribution in [1.82, 2.24) is 15.0 Å². The fourth-order valence-electron chi connectivity index (χ4n) is 2.53. The van der Waals surface area contributed by atoms with E-state index in [1.807, 2.05) is 47.8 Å². The largest absolute Gasteiger partial charge is 0.383 e. The molecular formula is C19H21N3O3S. The predicted octanol–water partition coefficient (Wildman–Crippen LogP) is 3.41. The first kappa shape index (κ1) is 18.3. The summed E-state index contributed by atoms with van der Waals surface area (Å²) in [6.45, 7) is 1.61. The van der Waals surface area contributed by atoms with Gasteiger partial charge >= 0.3 is 0 Å². The molecule has 0 aliphatic heterocycles. The third kappa shape index (κ3) is 5.00. The smallest absolute Gasteiger partial charge is 0.227 e. The van der Waals surface area contributed by atoms with Crippen LogP contribution in [-0.4, -0.2) is 41.2 Å². The second kappa shape index (κ2) is 9.26. The Bertz CT molecular complexity index is 803. The summed E-state index contributed by atoms with van der Waals surface area (Å²) < 4.78 is 10.4. The van der Waals surface area contributed by atoms with Gasteiger partial charge in [-0.1, -0.05) is 41.6 Å². The average molecular weight is 371 g/mol. The predicted molar refractivity (Wildman–Crippen MR) is 99.7 cm³/mol. The van der Waals surface area contributed by atoms with E-state index in [0.29, 0.717) is 44.3 Å². The molecular weight excluding hydrogens is 350 g/mol. The molecule has 2 aromatic heterocycles. The first-order valence-electron chi connectivity index (χ1n) is 8.43. The van der Waals surface area contributed by atoms with E-state index in [1.165, 1.54) is 0 Å². The van der Waals surface area contributed by atoms with Crippen LogP contribution < -0.4 is 0 Å². The van der Waals surface area contributed by atoms with Crippen LogP contribution in [0.4, 0.5) is 0 Å². The lowest BCUT2D eigenvalue weighted by atomic mass is 10.2. The highest BCUT2D eigenvalue weighted by molar-refractivity contribution is 7.13. The van der Waals surface area contributed by atoms with E-state index in [9.17, 15) is 4.79 Å². The monoisotopic (exact) mass is 371 g/mol. The van der Waals surface area contributed by atoms with Crippen LogP contribution in [0.3, 0.4) is 0 Å². The Labute approximate surface area is 156 Å². The van der Waals surface area contributed by atoms with Gasteiger partial charge in [-0.15, -0.1) is 11.3 Å². The van der Waals surface area contributed by atoms with Crippen LogP contribution in [0.15, 0.2) is 52.4 Å². The van der Waals surface area contributed by atoms with Crippen LogP contribution >= 0.6 is 11.3 Å². The standard InChI is InChI=1S/C19H21N3O3S/c1-24-12-11-22(14-15-6-3-2-4-7-15)18(23)10-9-17-20-19(21-25-17)16-8-5-13-26-16/h2-8,13H,9-12,14H2,1H3. The number of nitrogens with zero attached hydrogens (tertiary/aromatic N) is 3. The number of ether oxygens (including phenoxy) is 1. The maximum atomic E-state index is 12.6. The minimum absolute atomic E-state index is 0.0433.